The van der Waals surface area contributed by atoms with E-state index in [4.69, 9.17) is 0 Å². The fraction of sp³-hybridized carbons (Fsp3) is 0.300. The van der Waals surface area contributed by atoms with E-state index in [2.05, 4.69) is 5.32 Å². The molecule has 0 fully saturated rings. The summed E-state index contributed by atoms with van der Waals surface area (Å²) in [5, 5.41) is 2.98. The summed E-state index contributed by atoms with van der Waals surface area (Å²) in [6, 6.07) is 14.0. The summed E-state index contributed by atoms with van der Waals surface area (Å²) in [6.45, 7) is 2.59. The molecule has 0 bridgehead atoms. The molecule has 0 saturated heterocycles. The number of amides is 2. The molecule has 0 saturated carbocycles. The highest BCUT2D eigenvalue weighted by Gasteiger charge is 2.21. The molecule has 0 aliphatic carbocycles. The molecule has 2 amide bonds. The summed E-state index contributed by atoms with van der Waals surface area (Å²) in [6.07, 6.45) is 1.64. The van der Waals surface area contributed by atoms with Crippen molar-refractivity contribution in [3.8, 4) is 0 Å². The van der Waals surface area contributed by atoms with Gasteiger partial charge in [-0.15, -0.1) is 0 Å². The van der Waals surface area contributed by atoms with Crippen molar-refractivity contribution in [2.75, 3.05) is 11.9 Å². The van der Waals surface area contributed by atoms with Gasteiger partial charge in [0.1, 0.15) is 0 Å². The lowest BCUT2D eigenvalue weighted by Crippen LogP contribution is -2.31. The van der Waals surface area contributed by atoms with E-state index in [-0.39, 0.29) is 11.8 Å². The molecule has 24 heavy (non-hydrogen) atoms. The quantitative estimate of drug-likeness (QED) is 0.941. The molecule has 0 unspecified atom stereocenters. The van der Waals surface area contributed by atoms with Crippen LogP contribution in [0.2, 0.25) is 0 Å². The Bertz CT molecular complexity index is 783. The second-order valence-electron chi connectivity index (χ2n) is 6.30. The topological polar surface area (TPSA) is 49.4 Å². The third-order valence-electron chi connectivity index (χ3n) is 4.59. The van der Waals surface area contributed by atoms with Crippen LogP contribution in [-0.4, -0.2) is 18.9 Å². The lowest BCUT2D eigenvalue weighted by molar-refractivity contribution is -0.120. The van der Waals surface area contributed by atoms with Crippen LogP contribution in [0.4, 0.5) is 5.69 Å². The molecular weight excluding hydrogens is 300 g/mol. The molecule has 1 aliphatic heterocycles. The molecule has 1 heterocycles. The van der Waals surface area contributed by atoms with Crippen molar-refractivity contribution in [2.45, 2.75) is 32.7 Å². The number of nitrogens with zero attached hydrogens (tertiary/aromatic N) is 1. The van der Waals surface area contributed by atoms with E-state index in [0.717, 1.165) is 28.8 Å². The van der Waals surface area contributed by atoms with Crippen LogP contribution in [0, 0.1) is 6.92 Å². The number of aryl methyl sites for hydroxylation is 2. The van der Waals surface area contributed by atoms with Gasteiger partial charge in [-0.2, -0.15) is 0 Å². The molecule has 1 N–H and O–H groups in total. The van der Waals surface area contributed by atoms with E-state index < -0.39 is 0 Å². The molecular formula is C20H22N2O2. The minimum atomic E-state index is 0.0124. The normalized spacial score (nSPS) is 13.6. The highest BCUT2D eigenvalue weighted by atomic mass is 16.2. The number of anilines is 1. The minimum absolute atomic E-state index is 0.0124. The van der Waals surface area contributed by atoms with Gasteiger partial charge in [0.05, 0.1) is 6.42 Å². The standard InChI is InChI=1S/C20H22N2O2/c1-14-5-3-4-6-17(14)13-21-19(23)12-15-7-9-18-16(11-15)8-10-20(24)22(18)2/h3-7,9,11H,8,10,12-13H2,1-2H3,(H,21,23). The first-order valence-electron chi connectivity index (χ1n) is 8.24. The van der Waals surface area contributed by atoms with Crippen LogP contribution in [0.15, 0.2) is 42.5 Å². The zero-order chi connectivity index (χ0) is 17.1. The highest BCUT2D eigenvalue weighted by Crippen LogP contribution is 2.27. The van der Waals surface area contributed by atoms with Gasteiger partial charge in [0, 0.05) is 25.7 Å². The largest absolute Gasteiger partial charge is 0.352 e. The van der Waals surface area contributed by atoms with Gasteiger partial charge in [0.15, 0.2) is 0 Å². The molecule has 2 aromatic rings. The Morgan fingerprint density at radius 1 is 1.17 bits per heavy atom. The molecule has 0 radical (unpaired) electrons. The Kier molecular flexibility index (Phi) is 4.65. The third kappa shape index (κ3) is 3.48. The highest BCUT2D eigenvalue weighted by molar-refractivity contribution is 5.96. The summed E-state index contributed by atoms with van der Waals surface area (Å²) in [5.41, 5.74) is 5.39. The summed E-state index contributed by atoms with van der Waals surface area (Å²) >= 11 is 0. The fourth-order valence-corrected chi connectivity index (χ4v) is 3.07. The van der Waals surface area contributed by atoms with Crippen LogP contribution in [0.25, 0.3) is 0 Å². The molecule has 0 aromatic heterocycles. The second-order valence-corrected chi connectivity index (χ2v) is 6.30. The monoisotopic (exact) mass is 322 g/mol. The maximum atomic E-state index is 12.2. The van der Waals surface area contributed by atoms with Gasteiger partial charge in [-0.1, -0.05) is 36.4 Å². The van der Waals surface area contributed by atoms with Gasteiger partial charge in [-0.25, -0.2) is 0 Å². The molecule has 0 atom stereocenters. The maximum absolute atomic E-state index is 12.2. The number of carbonyl (C=O) groups is 2. The molecule has 2 aromatic carbocycles. The van der Waals surface area contributed by atoms with Crippen LogP contribution in [0.5, 0.6) is 0 Å². The molecule has 4 nitrogen and oxygen atoms in total. The number of fused-ring (bicyclic) bond motifs is 1. The van der Waals surface area contributed by atoms with Crippen molar-refractivity contribution in [2.24, 2.45) is 0 Å². The zero-order valence-electron chi connectivity index (χ0n) is 14.1. The Hall–Kier alpha value is -2.62. The number of hydrogen-bond donors (Lipinski definition) is 1. The summed E-state index contributed by atoms with van der Waals surface area (Å²) in [4.78, 5) is 25.6. The van der Waals surface area contributed by atoms with Crippen molar-refractivity contribution in [3.05, 3.63) is 64.7 Å². The Balaban J connectivity index is 1.63. The first-order valence-corrected chi connectivity index (χ1v) is 8.24. The number of hydrogen-bond acceptors (Lipinski definition) is 2. The SMILES string of the molecule is Cc1ccccc1CNC(=O)Cc1ccc2c(c1)CCC(=O)N2C. The second kappa shape index (κ2) is 6.87. The summed E-state index contributed by atoms with van der Waals surface area (Å²) in [5.74, 6) is 0.157. The lowest BCUT2D eigenvalue weighted by atomic mass is 9.98. The van der Waals surface area contributed by atoms with Gasteiger partial charge in [0.2, 0.25) is 11.8 Å². The summed E-state index contributed by atoms with van der Waals surface area (Å²) < 4.78 is 0. The van der Waals surface area contributed by atoms with E-state index in [0.29, 0.717) is 19.4 Å². The summed E-state index contributed by atoms with van der Waals surface area (Å²) in [7, 11) is 1.80. The van der Waals surface area contributed by atoms with Crippen molar-refractivity contribution in [3.63, 3.8) is 0 Å². The number of carbonyl (C=O) groups excluding carboxylic acids is 2. The Morgan fingerprint density at radius 3 is 2.75 bits per heavy atom. The van der Waals surface area contributed by atoms with Gasteiger partial charge in [-0.3, -0.25) is 9.59 Å². The van der Waals surface area contributed by atoms with Gasteiger partial charge in [-0.05, 0) is 41.7 Å². The van der Waals surface area contributed by atoms with Crippen LogP contribution in [-0.2, 0) is 29.0 Å². The van der Waals surface area contributed by atoms with Crippen LogP contribution in [0.3, 0.4) is 0 Å². The maximum Gasteiger partial charge on any atom is 0.227 e. The van der Waals surface area contributed by atoms with Gasteiger partial charge < -0.3 is 10.2 Å². The Labute approximate surface area is 142 Å². The van der Waals surface area contributed by atoms with E-state index in [1.807, 2.05) is 49.4 Å². The van der Waals surface area contributed by atoms with Crippen molar-refractivity contribution < 1.29 is 9.59 Å². The van der Waals surface area contributed by atoms with Crippen molar-refractivity contribution in [1.29, 1.82) is 0 Å². The lowest BCUT2D eigenvalue weighted by Gasteiger charge is -2.26. The average molecular weight is 322 g/mol. The predicted molar refractivity (Wildman–Crippen MR) is 94.9 cm³/mol. The predicted octanol–water partition coefficient (Wildman–Crippen LogP) is 2.76. The number of nitrogens with one attached hydrogen (secondary N) is 1. The van der Waals surface area contributed by atoms with E-state index in [9.17, 15) is 9.59 Å². The Morgan fingerprint density at radius 2 is 1.96 bits per heavy atom. The fourth-order valence-electron chi connectivity index (χ4n) is 3.07. The van der Waals surface area contributed by atoms with E-state index >= 15 is 0 Å². The molecule has 1 aliphatic rings. The molecule has 3 rings (SSSR count). The number of benzene rings is 2. The smallest absolute Gasteiger partial charge is 0.227 e. The van der Waals surface area contributed by atoms with Crippen LogP contribution >= 0.6 is 0 Å². The van der Waals surface area contributed by atoms with Crippen LogP contribution in [0.1, 0.15) is 28.7 Å². The first-order chi connectivity index (χ1) is 11.5. The van der Waals surface area contributed by atoms with Crippen molar-refractivity contribution >= 4 is 17.5 Å². The van der Waals surface area contributed by atoms with Crippen molar-refractivity contribution in [1.82, 2.24) is 5.32 Å². The number of rotatable bonds is 4. The average Bonchev–Trinajstić information content (AvgIpc) is 2.57. The molecule has 4 heteroatoms. The van der Waals surface area contributed by atoms with Gasteiger partial charge >= 0.3 is 0 Å². The van der Waals surface area contributed by atoms with E-state index in [1.165, 1.54) is 5.56 Å². The molecule has 124 valence electrons. The third-order valence-corrected chi connectivity index (χ3v) is 4.59. The zero-order valence-corrected chi connectivity index (χ0v) is 14.1. The van der Waals surface area contributed by atoms with E-state index in [1.54, 1.807) is 11.9 Å². The van der Waals surface area contributed by atoms with Crippen LogP contribution < -0.4 is 10.2 Å². The molecule has 0 spiro atoms. The minimum Gasteiger partial charge on any atom is -0.352 e. The first kappa shape index (κ1) is 16.2. The van der Waals surface area contributed by atoms with Gasteiger partial charge in [0.25, 0.3) is 0 Å².